The Morgan fingerprint density at radius 2 is 1.59 bits per heavy atom. The number of amides is 2. The highest BCUT2D eigenvalue weighted by molar-refractivity contribution is 9.10. The summed E-state index contributed by atoms with van der Waals surface area (Å²) in [6, 6.07) is 22.4. The molecule has 37 heavy (non-hydrogen) atoms. The monoisotopic (exact) mass is 552 g/mol. The van der Waals surface area contributed by atoms with E-state index in [1.54, 1.807) is 16.7 Å². The molecule has 4 aromatic rings. The van der Waals surface area contributed by atoms with Gasteiger partial charge in [0.1, 0.15) is 11.4 Å². The quantitative estimate of drug-likeness (QED) is 0.334. The topological polar surface area (TPSA) is 75.5 Å². The molecule has 0 unspecified atom stereocenters. The van der Waals surface area contributed by atoms with Crippen LogP contribution in [0.15, 0.2) is 82.1 Å². The highest BCUT2D eigenvalue weighted by Gasteiger charge is 2.73. The first-order valence-electron chi connectivity index (χ1n) is 12.6. The Morgan fingerprint density at radius 1 is 0.865 bits per heavy atom. The van der Waals surface area contributed by atoms with Crippen molar-refractivity contribution >= 4 is 44.3 Å². The van der Waals surface area contributed by atoms with Crippen molar-refractivity contribution in [3.05, 3.63) is 99.0 Å². The fourth-order valence-corrected chi connectivity index (χ4v) is 7.95. The predicted molar refractivity (Wildman–Crippen MR) is 141 cm³/mol. The van der Waals surface area contributed by atoms with Crippen molar-refractivity contribution in [3.63, 3.8) is 0 Å². The number of hydrogen-bond donors (Lipinski definition) is 0. The summed E-state index contributed by atoms with van der Waals surface area (Å²) >= 11 is 3.55. The Labute approximate surface area is 220 Å². The molecule has 1 spiro atoms. The maximum atomic E-state index is 14.5. The molecule has 3 saturated heterocycles. The molecule has 8 heteroatoms. The smallest absolute Gasteiger partial charge is 0.266 e. The number of nitrogens with zero attached hydrogens (tertiary/aromatic N) is 4. The number of benzene rings is 3. The normalized spacial score (nSPS) is 27.7. The number of carbonyl (C=O) groups is 2. The number of aromatic nitrogens is 2. The number of carbonyl (C=O) groups excluding carboxylic acids is 2. The SMILES string of the molecule is O=C1[C@H]2[C@H]3CCCN3[C@]3(c4ccccc4-n4c3nc3ccccc3c4=O)[C@H]2C(=O)N1c1ccccc1Br. The molecule has 4 atom stereocenters. The van der Waals surface area contributed by atoms with Gasteiger partial charge in [0.15, 0.2) is 0 Å². The first-order chi connectivity index (χ1) is 18.0. The Morgan fingerprint density at radius 3 is 2.43 bits per heavy atom. The van der Waals surface area contributed by atoms with Gasteiger partial charge in [-0.3, -0.25) is 23.9 Å². The lowest BCUT2D eigenvalue weighted by atomic mass is 9.75. The minimum atomic E-state index is -0.992. The van der Waals surface area contributed by atoms with E-state index in [0.29, 0.717) is 26.9 Å². The second-order valence-corrected chi connectivity index (χ2v) is 11.1. The van der Waals surface area contributed by atoms with Crippen molar-refractivity contribution in [3.8, 4) is 5.69 Å². The van der Waals surface area contributed by atoms with Gasteiger partial charge in [-0.25, -0.2) is 9.88 Å². The molecular weight excluding hydrogens is 532 g/mol. The fourth-order valence-electron chi connectivity index (χ4n) is 7.48. The van der Waals surface area contributed by atoms with E-state index in [9.17, 15) is 14.4 Å². The number of rotatable bonds is 1. The summed E-state index contributed by atoms with van der Waals surface area (Å²) in [6.45, 7) is 0.740. The van der Waals surface area contributed by atoms with E-state index in [1.165, 1.54) is 4.90 Å². The number of fused-ring (bicyclic) bond motifs is 11. The number of halogens is 1. The highest BCUT2D eigenvalue weighted by atomic mass is 79.9. The lowest BCUT2D eigenvalue weighted by Crippen LogP contribution is -2.51. The van der Waals surface area contributed by atoms with Crippen LogP contribution in [-0.2, 0) is 15.1 Å². The van der Waals surface area contributed by atoms with Gasteiger partial charge in [-0.2, -0.15) is 0 Å². The molecule has 0 radical (unpaired) electrons. The molecule has 182 valence electrons. The van der Waals surface area contributed by atoms with Crippen molar-refractivity contribution < 1.29 is 9.59 Å². The van der Waals surface area contributed by atoms with E-state index in [0.717, 1.165) is 30.6 Å². The molecular formula is C29H21BrN4O3. The van der Waals surface area contributed by atoms with Crippen LogP contribution in [0.1, 0.15) is 24.2 Å². The third-order valence-corrected chi connectivity index (χ3v) is 9.40. The zero-order valence-corrected chi connectivity index (χ0v) is 21.3. The predicted octanol–water partition coefficient (Wildman–Crippen LogP) is 3.99. The minimum absolute atomic E-state index is 0.100. The molecule has 0 N–H and O–H groups in total. The maximum Gasteiger partial charge on any atom is 0.266 e. The van der Waals surface area contributed by atoms with Crippen LogP contribution in [0.25, 0.3) is 16.6 Å². The van der Waals surface area contributed by atoms with Crippen LogP contribution >= 0.6 is 15.9 Å². The van der Waals surface area contributed by atoms with Gasteiger partial charge in [-0.05, 0) is 65.6 Å². The van der Waals surface area contributed by atoms with Crippen LogP contribution in [0.5, 0.6) is 0 Å². The molecule has 4 aliphatic heterocycles. The van der Waals surface area contributed by atoms with Crippen LogP contribution in [0.2, 0.25) is 0 Å². The van der Waals surface area contributed by atoms with E-state index in [2.05, 4.69) is 20.8 Å². The molecule has 0 aliphatic carbocycles. The van der Waals surface area contributed by atoms with E-state index in [-0.39, 0.29) is 23.4 Å². The summed E-state index contributed by atoms with van der Waals surface area (Å²) in [5.41, 5.74) is 1.64. The Balaban J connectivity index is 1.46. The summed E-state index contributed by atoms with van der Waals surface area (Å²) in [5, 5.41) is 0.536. The van der Waals surface area contributed by atoms with E-state index < -0.39 is 17.4 Å². The van der Waals surface area contributed by atoms with Crippen LogP contribution in [0, 0.1) is 11.8 Å². The van der Waals surface area contributed by atoms with E-state index in [1.807, 2.05) is 60.7 Å². The van der Waals surface area contributed by atoms with Crippen LogP contribution in [-0.4, -0.2) is 38.9 Å². The first-order valence-corrected chi connectivity index (χ1v) is 13.4. The summed E-state index contributed by atoms with van der Waals surface area (Å²) in [5.74, 6) is -1.05. The molecule has 4 aliphatic rings. The molecule has 3 fully saturated rings. The first kappa shape index (κ1) is 21.5. The second kappa shape index (κ2) is 7.24. The van der Waals surface area contributed by atoms with Gasteiger partial charge >= 0.3 is 0 Å². The lowest BCUT2D eigenvalue weighted by molar-refractivity contribution is -0.124. The van der Waals surface area contributed by atoms with Crippen LogP contribution in [0.4, 0.5) is 5.69 Å². The minimum Gasteiger partial charge on any atom is -0.283 e. The summed E-state index contributed by atoms with van der Waals surface area (Å²) < 4.78 is 2.38. The third kappa shape index (κ3) is 2.41. The molecule has 8 rings (SSSR count). The molecule has 5 heterocycles. The third-order valence-electron chi connectivity index (χ3n) is 8.73. The molecule has 2 amide bonds. The number of anilines is 1. The summed E-state index contributed by atoms with van der Waals surface area (Å²) in [6.07, 6.45) is 1.75. The Kier molecular flexibility index (Phi) is 4.20. The van der Waals surface area contributed by atoms with Gasteiger partial charge in [0.05, 0.1) is 34.1 Å². The summed E-state index contributed by atoms with van der Waals surface area (Å²) in [7, 11) is 0. The van der Waals surface area contributed by atoms with Crippen molar-refractivity contribution in [2.24, 2.45) is 11.8 Å². The van der Waals surface area contributed by atoms with E-state index >= 15 is 0 Å². The van der Waals surface area contributed by atoms with Gasteiger partial charge in [-0.15, -0.1) is 0 Å². The van der Waals surface area contributed by atoms with Gasteiger partial charge in [0, 0.05) is 16.1 Å². The second-order valence-electron chi connectivity index (χ2n) is 10.2. The Hall–Kier alpha value is -3.62. The zero-order valence-electron chi connectivity index (χ0n) is 19.7. The molecule has 1 aromatic heterocycles. The van der Waals surface area contributed by atoms with Gasteiger partial charge in [-0.1, -0.05) is 42.5 Å². The van der Waals surface area contributed by atoms with Gasteiger partial charge in [0.2, 0.25) is 11.8 Å². The van der Waals surface area contributed by atoms with Gasteiger partial charge in [0.25, 0.3) is 5.56 Å². The summed E-state index contributed by atoms with van der Waals surface area (Å²) in [4.78, 5) is 51.2. The number of hydrogen-bond acceptors (Lipinski definition) is 5. The van der Waals surface area contributed by atoms with Gasteiger partial charge < -0.3 is 0 Å². The molecule has 7 nitrogen and oxygen atoms in total. The number of para-hydroxylation sites is 3. The lowest BCUT2D eigenvalue weighted by Gasteiger charge is -2.38. The average molecular weight is 553 g/mol. The molecule has 0 saturated carbocycles. The molecule has 3 aromatic carbocycles. The number of imide groups is 1. The van der Waals surface area contributed by atoms with Crippen molar-refractivity contribution in [1.82, 2.24) is 14.5 Å². The van der Waals surface area contributed by atoms with Crippen molar-refractivity contribution in [2.75, 3.05) is 11.4 Å². The van der Waals surface area contributed by atoms with Crippen LogP contribution < -0.4 is 10.5 Å². The highest BCUT2D eigenvalue weighted by Crippen LogP contribution is 2.62. The average Bonchev–Trinajstić information content (AvgIpc) is 3.62. The van der Waals surface area contributed by atoms with Crippen LogP contribution in [0.3, 0.4) is 0 Å². The Bertz CT molecular complexity index is 1750. The zero-order chi connectivity index (χ0) is 25.1. The van der Waals surface area contributed by atoms with Crippen molar-refractivity contribution in [2.45, 2.75) is 24.4 Å². The largest absolute Gasteiger partial charge is 0.283 e. The standard InChI is InChI=1S/C29H21BrN4O3/c30-18-10-3-6-13-21(18)33-26(36)23-22-14-7-15-32(22)29(24(23)27(33)37)17-9-2-5-12-20(17)34-25(35)16-8-1-4-11-19(16)31-28(29)34/h1-6,8-13,22-24H,7,14-15H2/t22-,23+,24-,29-/m1/s1. The van der Waals surface area contributed by atoms with Crippen molar-refractivity contribution in [1.29, 1.82) is 0 Å². The fraction of sp³-hybridized carbons (Fsp3) is 0.241. The maximum absolute atomic E-state index is 14.5. The molecule has 0 bridgehead atoms. The van der Waals surface area contributed by atoms with E-state index in [4.69, 9.17) is 4.98 Å².